The second kappa shape index (κ2) is 8.50. The summed E-state index contributed by atoms with van der Waals surface area (Å²) >= 11 is 1.45. The lowest BCUT2D eigenvalue weighted by Gasteiger charge is -2.14. The molecule has 0 radical (unpaired) electrons. The van der Waals surface area contributed by atoms with Gasteiger partial charge in [-0.25, -0.2) is 0 Å². The van der Waals surface area contributed by atoms with E-state index in [0.29, 0.717) is 16.8 Å². The molecule has 3 aromatic rings. The van der Waals surface area contributed by atoms with E-state index in [2.05, 4.69) is 5.32 Å². The number of rotatable bonds is 6. The summed E-state index contributed by atoms with van der Waals surface area (Å²) in [5, 5.41) is 2.68. The Morgan fingerprint density at radius 2 is 1.31 bits per heavy atom. The highest BCUT2D eigenvalue weighted by atomic mass is 32.2. The molecule has 1 unspecified atom stereocenters. The van der Waals surface area contributed by atoms with Gasteiger partial charge in [-0.05, 0) is 31.2 Å². The number of benzene rings is 3. The highest BCUT2D eigenvalue weighted by Crippen LogP contribution is 2.32. The smallest absolute Gasteiger partial charge is 0.255 e. The summed E-state index contributed by atoms with van der Waals surface area (Å²) in [4.78, 5) is 25.9. The zero-order valence-electron chi connectivity index (χ0n) is 14.4. The predicted molar refractivity (Wildman–Crippen MR) is 107 cm³/mol. The number of nitrogens with one attached hydrogen (secondary N) is 1. The summed E-state index contributed by atoms with van der Waals surface area (Å²) in [5.41, 5.74) is 2.00. The number of hydrogen-bond acceptors (Lipinski definition) is 3. The molecular weight excluding hydrogens is 342 g/mol. The molecule has 3 rings (SSSR count). The van der Waals surface area contributed by atoms with E-state index in [1.165, 1.54) is 11.8 Å². The Balaban J connectivity index is 1.75. The minimum atomic E-state index is -0.257. The maximum Gasteiger partial charge on any atom is 0.255 e. The Bertz CT molecular complexity index is 894. The molecule has 1 amide bonds. The first-order chi connectivity index (χ1) is 12.6. The zero-order valence-corrected chi connectivity index (χ0v) is 15.2. The van der Waals surface area contributed by atoms with Crippen LogP contribution in [0.2, 0.25) is 0 Å². The quantitative estimate of drug-likeness (QED) is 0.478. The third-order valence-corrected chi connectivity index (χ3v) is 5.08. The Kier molecular flexibility index (Phi) is 5.87. The summed E-state index contributed by atoms with van der Waals surface area (Å²) < 4.78 is 0. The monoisotopic (exact) mass is 361 g/mol. The van der Waals surface area contributed by atoms with Crippen LogP contribution in [0.1, 0.15) is 27.6 Å². The van der Waals surface area contributed by atoms with Gasteiger partial charge in [0.05, 0.1) is 10.9 Å². The van der Waals surface area contributed by atoms with E-state index in [-0.39, 0.29) is 16.9 Å². The van der Waals surface area contributed by atoms with Crippen molar-refractivity contribution in [2.24, 2.45) is 0 Å². The largest absolute Gasteiger partial charge is 0.321 e. The van der Waals surface area contributed by atoms with Crippen molar-refractivity contribution >= 4 is 29.1 Å². The molecule has 0 heterocycles. The van der Waals surface area contributed by atoms with Crippen LogP contribution in [0.15, 0.2) is 89.8 Å². The molecule has 0 aliphatic rings. The van der Waals surface area contributed by atoms with Gasteiger partial charge in [0.15, 0.2) is 5.78 Å². The molecule has 0 aliphatic carbocycles. The molecule has 1 atom stereocenters. The Morgan fingerprint density at radius 1 is 0.769 bits per heavy atom. The summed E-state index contributed by atoms with van der Waals surface area (Å²) in [5.74, 6) is -0.0968. The van der Waals surface area contributed by atoms with Crippen LogP contribution in [0.4, 0.5) is 5.69 Å². The van der Waals surface area contributed by atoms with E-state index >= 15 is 0 Å². The predicted octanol–water partition coefficient (Wildman–Crippen LogP) is 5.30. The van der Waals surface area contributed by atoms with Crippen molar-refractivity contribution in [3.05, 3.63) is 96.1 Å². The number of anilines is 1. The Hall–Kier alpha value is -2.85. The van der Waals surface area contributed by atoms with Crippen LogP contribution in [0, 0.1) is 0 Å². The van der Waals surface area contributed by atoms with Gasteiger partial charge in [-0.2, -0.15) is 0 Å². The molecule has 0 fully saturated rings. The van der Waals surface area contributed by atoms with Crippen LogP contribution >= 0.6 is 11.8 Å². The summed E-state index contributed by atoms with van der Waals surface area (Å²) in [6.45, 7) is 1.88. The Labute approximate surface area is 157 Å². The van der Waals surface area contributed by atoms with Crippen LogP contribution < -0.4 is 5.32 Å². The fraction of sp³-hybridized carbons (Fsp3) is 0.0909. The topological polar surface area (TPSA) is 46.2 Å². The lowest BCUT2D eigenvalue weighted by atomic mass is 10.1. The van der Waals surface area contributed by atoms with Gasteiger partial charge < -0.3 is 5.32 Å². The van der Waals surface area contributed by atoms with E-state index in [1.807, 2.05) is 79.7 Å². The van der Waals surface area contributed by atoms with Gasteiger partial charge in [0.25, 0.3) is 5.91 Å². The summed E-state index contributed by atoms with van der Waals surface area (Å²) in [6.07, 6.45) is 0. The van der Waals surface area contributed by atoms with Gasteiger partial charge in [-0.1, -0.05) is 60.7 Å². The fourth-order valence-electron chi connectivity index (χ4n) is 2.54. The summed E-state index contributed by atoms with van der Waals surface area (Å²) in [6, 6.07) is 25.9. The van der Waals surface area contributed by atoms with Crippen molar-refractivity contribution < 1.29 is 9.59 Å². The third-order valence-electron chi connectivity index (χ3n) is 3.90. The van der Waals surface area contributed by atoms with Gasteiger partial charge in [0.2, 0.25) is 0 Å². The fourth-order valence-corrected chi connectivity index (χ4v) is 3.56. The lowest BCUT2D eigenvalue weighted by Crippen LogP contribution is -2.15. The molecule has 0 bridgehead atoms. The van der Waals surface area contributed by atoms with E-state index in [4.69, 9.17) is 0 Å². The Morgan fingerprint density at radius 3 is 1.96 bits per heavy atom. The van der Waals surface area contributed by atoms with Gasteiger partial charge in [-0.3, -0.25) is 9.59 Å². The second-order valence-corrected chi connectivity index (χ2v) is 7.19. The van der Waals surface area contributed by atoms with E-state index in [0.717, 1.165) is 4.90 Å². The number of carbonyl (C=O) groups excluding carboxylic acids is 2. The second-order valence-electron chi connectivity index (χ2n) is 5.81. The van der Waals surface area contributed by atoms with Crippen LogP contribution in [0.3, 0.4) is 0 Å². The van der Waals surface area contributed by atoms with Crippen LogP contribution in [-0.2, 0) is 0 Å². The van der Waals surface area contributed by atoms with Crippen molar-refractivity contribution in [2.75, 3.05) is 5.32 Å². The van der Waals surface area contributed by atoms with E-state index < -0.39 is 0 Å². The zero-order chi connectivity index (χ0) is 18.4. The summed E-state index contributed by atoms with van der Waals surface area (Å²) in [7, 11) is 0. The van der Waals surface area contributed by atoms with Crippen molar-refractivity contribution in [2.45, 2.75) is 17.1 Å². The van der Waals surface area contributed by atoms with E-state index in [1.54, 1.807) is 12.1 Å². The molecule has 3 aromatic carbocycles. The number of Topliss-reactive ketones (excluding diaryl/α,β-unsaturated/α-hetero) is 1. The SMILES string of the molecule is CC(Sc1ccccc1NC(=O)c1ccccc1)C(=O)c1ccccc1. The standard InChI is InChI=1S/C22H19NO2S/c1-16(21(24)17-10-4-2-5-11-17)26-20-15-9-8-14-19(20)23-22(25)18-12-6-3-7-13-18/h2-16H,1H3,(H,23,25). The first kappa shape index (κ1) is 18.0. The number of carbonyl (C=O) groups is 2. The lowest BCUT2D eigenvalue weighted by molar-refractivity contribution is 0.0992. The molecule has 0 saturated carbocycles. The van der Waals surface area contributed by atoms with Crippen LogP contribution in [0.5, 0.6) is 0 Å². The van der Waals surface area contributed by atoms with Crippen molar-refractivity contribution in [3.8, 4) is 0 Å². The van der Waals surface area contributed by atoms with Crippen molar-refractivity contribution in [3.63, 3.8) is 0 Å². The minimum Gasteiger partial charge on any atom is -0.321 e. The van der Waals surface area contributed by atoms with Crippen molar-refractivity contribution in [1.82, 2.24) is 0 Å². The molecule has 130 valence electrons. The maximum atomic E-state index is 12.6. The highest BCUT2D eigenvalue weighted by molar-refractivity contribution is 8.00. The molecule has 0 aliphatic heterocycles. The van der Waals surface area contributed by atoms with Crippen LogP contribution in [-0.4, -0.2) is 16.9 Å². The first-order valence-electron chi connectivity index (χ1n) is 8.36. The molecule has 26 heavy (non-hydrogen) atoms. The normalized spacial score (nSPS) is 11.6. The molecule has 0 aromatic heterocycles. The van der Waals surface area contributed by atoms with Gasteiger partial charge in [-0.15, -0.1) is 11.8 Å². The van der Waals surface area contributed by atoms with Gasteiger partial charge in [0.1, 0.15) is 0 Å². The van der Waals surface area contributed by atoms with Gasteiger partial charge in [0, 0.05) is 16.0 Å². The maximum absolute atomic E-state index is 12.6. The minimum absolute atomic E-state index is 0.0692. The number of ketones is 1. The molecule has 0 saturated heterocycles. The number of para-hydroxylation sites is 1. The van der Waals surface area contributed by atoms with Gasteiger partial charge >= 0.3 is 0 Å². The van der Waals surface area contributed by atoms with E-state index in [9.17, 15) is 9.59 Å². The molecule has 0 spiro atoms. The number of amides is 1. The van der Waals surface area contributed by atoms with Crippen molar-refractivity contribution in [1.29, 1.82) is 0 Å². The molecule has 1 N–H and O–H groups in total. The highest BCUT2D eigenvalue weighted by Gasteiger charge is 2.18. The van der Waals surface area contributed by atoms with Crippen LogP contribution in [0.25, 0.3) is 0 Å². The molecular formula is C22H19NO2S. The average molecular weight is 361 g/mol. The first-order valence-corrected chi connectivity index (χ1v) is 9.24. The average Bonchev–Trinajstić information content (AvgIpc) is 2.70. The molecule has 4 heteroatoms. The number of hydrogen-bond donors (Lipinski definition) is 1. The number of thioether (sulfide) groups is 1. The molecule has 3 nitrogen and oxygen atoms in total. The third kappa shape index (κ3) is 4.41.